The van der Waals surface area contributed by atoms with Crippen LogP contribution in [0, 0.1) is 6.92 Å². The predicted molar refractivity (Wildman–Crippen MR) is 133 cm³/mol. The number of aromatic nitrogens is 3. The zero-order valence-corrected chi connectivity index (χ0v) is 20.1. The van der Waals surface area contributed by atoms with Crippen LogP contribution in [-0.2, 0) is 0 Å². The number of rotatable bonds is 6. The topological polar surface area (TPSA) is 116 Å². The Balaban J connectivity index is 1.35. The van der Waals surface area contributed by atoms with Crippen molar-refractivity contribution in [2.45, 2.75) is 50.7 Å². The maximum Gasteiger partial charge on any atom is 0.269 e. The molecule has 9 nitrogen and oxygen atoms in total. The Morgan fingerprint density at radius 3 is 2.71 bits per heavy atom. The number of pyridine rings is 1. The highest BCUT2D eigenvalue weighted by molar-refractivity contribution is 5.93. The first-order valence-electron chi connectivity index (χ1n) is 12.0. The number of nitrogens with zero attached hydrogens (tertiary/aromatic N) is 5. The molecule has 2 atom stereocenters. The first-order chi connectivity index (χ1) is 17.0. The van der Waals surface area contributed by atoms with Crippen LogP contribution in [0.2, 0.25) is 0 Å². The van der Waals surface area contributed by atoms with E-state index in [4.69, 9.17) is 20.2 Å². The molecule has 1 amide bonds. The van der Waals surface area contributed by atoms with Gasteiger partial charge >= 0.3 is 0 Å². The van der Waals surface area contributed by atoms with E-state index in [1.54, 1.807) is 19.4 Å². The van der Waals surface area contributed by atoms with Gasteiger partial charge in [-0.15, -0.1) is 10.2 Å². The van der Waals surface area contributed by atoms with Gasteiger partial charge in [-0.1, -0.05) is 12.2 Å². The van der Waals surface area contributed by atoms with Gasteiger partial charge in [0.05, 0.1) is 19.3 Å². The normalized spacial score (nSPS) is 21.9. The van der Waals surface area contributed by atoms with E-state index >= 15 is 0 Å². The number of methoxy groups -OCH3 is 1. The van der Waals surface area contributed by atoms with Crippen LogP contribution in [0.5, 0.6) is 11.6 Å². The number of amides is 1. The van der Waals surface area contributed by atoms with Gasteiger partial charge in [0.1, 0.15) is 11.9 Å². The van der Waals surface area contributed by atoms with E-state index < -0.39 is 5.91 Å². The van der Waals surface area contributed by atoms with Crippen LogP contribution in [0.1, 0.15) is 53.2 Å². The first-order valence-corrected chi connectivity index (χ1v) is 12.0. The standard InChI is InChI=1S/C26H30N6O3/c1-16-22(20-7-3-5-17-6-4-12-28-23(17)20)24(25(27)33)30-31-26(16)32-13-10-18(11-14-32)35-19-8-9-21(34-2)29-15-19/h4-6,8-9,12,15,18,20,23H,3,7,10-11,13-14H2,1-2H3,(H2,27,33)/t20-,23+/m1/s1. The van der Waals surface area contributed by atoms with Crippen molar-refractivity contribution in [1.29, 1.82) is 0 Å². The maximum atomic E-state index is 12.3. The summed E-state index contributed by atoms with van der Waals surface area (Å²) in [5, 5.41) is 8.78. The molecule has 2 aliphatic heterocycles. The summed E-state index contributed by atoms with van der Waals surface area (Å²) >= 11 is 0. The van der Waals surface area contributed by atoms with Crippen molar-refractivity contribution in [3.8, 4) is 11.6 Å². The molecule has 182 valence electrons. The number of ether oxygens (including phenoxy) is 2. The van der Waals surface area contributed by atoms with Crippen molar-refractivity contribution in [2.24, 2.45) is 10.7 Å². The van der Waals surface area contributed by atoms with Crippen LogP contribution in [0.4, 0.5) is 5.82 Å². The second-order valence-electron chi connectivity index (χ2n) is 9.11. The minimum absolute atomic E-state index is 0.0279. The number of allylic oxidation sites excluding steroid dienone is 2. The summed E-state index contributed by atoms with van der Waals surface area (Å²) < 4.78 is 11.2. The monoisotopic (exact) mass is 474 g/mol. The molecule has 4 heterocycles. The number of piperidine rings is 1. The number of carbonyl (C=O) groups excluding carboxylic acids is 1. The molecule has 35 heavy (non-hydrogen) atoms. The van der Waals surface area contributed by atoms with Crippen LogP contribution in [0.3, 0.4) is 0 Å². The molecule has 0 spiro atoms. The zero-order chi connectivity index (χ0) is 24.4. The molecule has 1 aliphatic carbocycles. The molecule has 3 aliphatic rings. The summed E-state index contributed by atoms with van der Waals surface area (Å²) in [6, 6.07) is 3.64. The smallest absolute Gasteiger partial charge is 0.269 e. The lowest BCUT2D eigenvalue weighted by atomic mass is 9.77. The Morgan fingerprint density at radius 2 is 2.00 bits per heavy atom. The van der Waals surface area contributed by atoms with Crippen LogP contribution >= 0.6 is 0 Å². The van der Waals surface area contributed by atoms with Crippen molar-refractivity contribution < 1.29 is 14.3 Å². The number of carbonyl (C=O) groups is 1. The van der Waals surface area contributed by atoms with Crippen molar-refractivity contribution >= 4 is 17.9 Å². The molecule has 0 saturated carbocycles. The fourth-order valence-electron chi connectivity index (χ4n) is 5.29. The lowest BCUT2D eigenvalue weighted by Crippen LogP contribution is -2.40. The lowest BCUT2D eigenvalue weighted by Gasteiger charge is -2.36. The molecular weight excluding hydrogens is 444 g/mol. The van der Waals surface area contributed by atoms with Gasteiger partial charge in [0, 0.05) is 44.1 Å². The Morgan fingerprint density at radius 1 is 1.17 bits per heavy atom. The van der Waals surface area contributed by atoms with Gasteiger partial charge in [-0.25, -0.2) is 4.98 Å². The van der Waals surface area contributed by atoms with Gasteiger partial charge in [0.15, 0.2) is 11.5 Å². The molecule has 2 N–H and O–H groups in total. The molecule has 0 bridgehead atoms. The Labute approximate surface area is 204 Å². The summed E-state index contributed by atoms with van der Waals surface area (Å²) in [7, 11) is 1.59. The summed E-state index contributed by atoms with van der Waals surface area (Å²) in [4.78, 5) is 23.5. The van der Waals surface area contributed by atoms with Crippen LogP contribution in [-0.4, -0.2) is 59.6 Å². The summed E-state index contributed by atoms with van der Waals surface area (Å²) in [6.45, 7) is 3.58. The first kappa shape index (κ1) is 23.0. The second kappa shape index (κ2) is 9.85. The third-order valence-corrected chi connectivity index (χ3v) is 7.01. The van der Waals surface area contributed by atoms with Gasteiger partial charge < -0.3 is 20.1 Å². The molecule has 9 heteroatoms. The fourth-order valence-corrected chi connectivity index (χ4v) is 5.29. The quantitative estimate of drug-likeness (QED) is 0.684. The van der Waals surface area contributed by atoms with E-state index in [-0.39, 0.29) is 23.8 Å². The molecule has 1 saturated heterocycles. The largest absolute Gasteiger partial charge is 0.489 e. The Hall–Kier alpha value is -3.75. The van der Waals surface area contributed by atoms with Gasteiger partial charge in [-0.05, 0) is 48.6 Å². The number of dihydropyridines is 1. The van der Waals surface area contributed by atoms with Crippen molar-refractivity contribution in [2.75, 3.05) is 25.1 Å². The highest BCUT2D eigenvalue weighted by atomic mass is 16.5. The van der Waals surface area contributed by atoms with E-state index in [1.807, 2.05) is 25.3 Å². The van der Waals surface area contributed by atoms with Crippen molar-refractivity contribution in [1.82, 2.24) is 15.2 Å². The average Bonchev–Trinajstić information content (AvgIpc) is 2.89. The van der Waals surface area contributed by atoms with E-state index in [9.17, 15) is 4.79 Å². The number of anilines is 1. The summed E-state index contributed by atoms with van der Waals surface area (Å²) in [6.07, 6.45) is 13.4. The number of aliphatic imine (C=N–C) groups is 1. The number of nitrogens with two attached hydrogens (primary N) is 1. The third kappa shape index (κ3) is 4.62. The maximum absolute atomic E-state index is 12.3. The van der Waals surface area contributed by atoms with E-state index in [2.05, 4.69) is 32.2 Å². The van der Waals surface area contributed by atoms with E-state index in [1.165, 1.54) is 5.57 Å². The van der Waals surface area contributed by atoms with Gasteiger partial charge in [-0.2, -0.15) is 0 Å². The Bertz CT molecular complexity index is 1180. The van der Waals surface area contributed by atoms with Gasteiger partial charge in [-0.3, -0.25) is 9.79 Å². The molecule has 0 radical (unpaired) electrons. The minimum atomic E-state index is -0.547. The number of fused-ring (bicyclic) bond motifs is 1. The molecule has 2 aromatic heterocycles. The second-order valence-corrected chi connectivity index (χ2v) is 9.11. The number of primary amides is 1. The molecule has 1 fully saturated rings. The fraction of sp³-hybridized carbons (Fsp3) is 0.423. The highest BCUT2D eigenvalue weighted by Gasteiger charge is 2.35. The molecule has 0 unspecified atom stereocenters. The average molecular weight is 475 g/mol. The van der Waals surface area contributed by atoms with Crippen molar-refractivity contribution in [3.63, 3.8) is 0 Å². The van der Waals surface area contributed by atoms with E-state index in [0.29, 0.717) is 5.88 Å². The molecular formula is C26H30N6O3. The van der Waals surface area contributed by atoms with Crippen LogP contribution in [0.25, 0.3) is 0 Å². The highest BCUT2D eigenvalue weighted by Crippen LogP contribution is 2.41. The lowest BCUT2D eigenvalue weighted by molar-refractivity contribution is 0.0992. The zero-order valence-electron chi connectivity index (χ0n) is 20.1. The van der Waals surface area contributed by atoms with Crippen molar-refractivity contribution in [3.05, 3.63) is 59.0 Å². The third-order valence-electron chi connectivity index (χ3n) is 7.01. The Kier molecular flexibility index (Phi) is 6.48. The van der Waals surface area contributed by atoms with Crippen LogP contribution < -0.4 is 20.1 Å². The summed E-state index contributed by atoms with van der Waals surface area (Å²) in [5.74, 6) is 1.59. The minimum Gasteiger partial charge on any atom is -0.489 e. The summed E-state index contributed by atoms with van der Waals surface area (Å²) in [5.41, 5.74) is 9.03. The SMILES string of the molecule is COc1ccc(OC2CCN(c3nnc(C(N)=O)c([C@H]4CCC=C5C=CC=N[C@@H]54)c3C)CC2)cn1. The molecule has 2 aromatic rings. The van der Waals surface area contributed by atoms with E-state index in [0.717, 1.165) is 61.5 Å². The number of hydrogen-bond acceptors (Lipinski definition) is 8. The predicted octanol–water partition coefficient (Wildman–Crippen LogP) is 3.15. The van der Waals surface area contributed by atoms with Gasteiger partial charge in [0.2, 0.25) is 5.88 Å². The van der Waals surface area contributed by atoms with Gasteiger partial charge in [0.25, 0.3) is 5.91 Å². The molecule has 5 rings (SSSR count). The van der Waals surface area contributed by atoms with Crippen LogP contribution in [0.15, 0.2) is 47.1 Å². The number of hydrogen-bond donors (Lipinski definition) is 1. The molecule has 0 aromatic carbocycles.